The third kappa shape index (κ3) is 3.10. The van der Waals surface area contributed by atoms with Crippen LogP contribution in [0.2, 0.25) is 0 Å². The van der Waals surface area contributed by atoms with Gasteiger partial charge in [-0.3, -0.25) is 4.57 Å². The molecule has 1 aliphatic carbocycles. The van der Waals surface area contributed by atoms with Gasteiger partial charge in [-0.2, -0.15) is 0 Å². The second-order valence-corrected chi connectivity index (χ2v) is 5.93. The van der Waals surface area contributed by atoms with Crippen LogP contribution in [0.5, 0.6) is 0 Å². The molecular formula is C17H23N3. The van der Waals surface area contributed by atoms with Crippen molar-refractivity contribution in [2.75, 3.05) is 0 Å². The summed E-state index contributed by atoms with van der Waals surface area (Å²) in [5.41, 5.74) is 2.42. The molecule has 2 aromatic rings. The van der Waals surface area contributed by atoms with E-state index in [2.05, 4.69) is 53.0 Å². The van der Waals surface area contributed by atoms with Crippen molar-refractivity contribution in [3.8, 4) is 5.69 Å². The van der Waals surface area contributed by atoms with Crippen LogP contribution in [-0.4, -0.2) is 15.6 Å². The molecule has 1 aromatic carbocycles. The lowest BCUT2D eigenvalue weighted by atomic mass is 10.1. The van der Waals surface area contributed by atoms with Gasteiger partial charge in [0.2, 0.25) is 0 Å². The van der Waals surface area contributed by atoms with Crippen LogP contribution in [-0.2, 0) is 6.54 Å². The third-order valence-corrected chi connectivity index (χ3v) is 4.04. The van der Waals surface area contributed by atoms with Gasteiger partial charge in [-0.25, -0.2) is 4.98 Å². The van der Waals surface area contributed by atoms with Gasteiger partial charge in [0, 0.05) is 18.3 Å². The molecule has 1 saturated carbocycles. The highest BCUT2D eigenvalue weighted by molar-refractivity contribution is 5.35. The molecule has 0 amide bonds. The van der Waals surface area contributed by atoms with Crippen molar-refractivity contribution < 1.29 is 0 Å². The quantitative estimate of drug-likeness (QED) is 0.870. The molecule has 3 rings (SSSR count). The zero-order chi connectivity index (χ0) is 13.9. The van der Waals surface area contributed by atoms with Crippen molar-refractivity contribution in [1.82, 2.24) is 14.9 Å². The van der Waals surface area contributed by atoms with Crippen molar-refractivity contribution in [3.05, 3.63) is 48.0 Å². The van der Waals surface area contributed by atoms with Crippen LogP contribution < -0.4 is 5.32 Å². The zero-order valence-corrected chi connectivity index (χ0v) is 12.3. The molecule has 106 valence electrons. The fraction of sp³-hybridized carbons (Fsp3) is 0.471. The van der Waals surface area contributed by atoms with Gasteiger partial charge in [-0.05, 0) is 38.3 Å². The Bertz CT molecular complexity index is 555. The molecule has 1 atom stereocenters. The molecule has 3 heteroatoms. The Kier molecular flexibility index (Phi) is 3.88. The zero-order valence-electron chi connectivity index (χ0n) is 12.3. The highest BCUT2D eigenvalue weighted by atomic mass is 15.1. The normalized spacial score (nSPS) is 16.3. The first-order chi connectivity index (χ1) is 9.74. The number of aromatic nitrogens is 2. The SMILES string of the molecule is Cc1ncc(CNC(C)CC2CC2)n1-c1ccccc1. The summed E-state index contributed by atoms with van der Waals surface area (Å²) >= 11 is 0. The predicted octanol–water partition coefficient (Wildman–Crippen LogP) is 3.46. The van der Waals surface area contributed by atoms with E-state index in [4.69, 9.17) is 0 Å². The molecule has 0 spiro atoms. The first kappa shape index (κ1) is 13.4. The van der Waals surface area contributed by atoms with E-state index >= 15 is 0 Å². The van der Waals surface area contributed by atoms with Gasteiger partial charge < -0.3 is 5.32 Å². The van der Waals surface area contributed by atoms with Crippen LogP contribution in [0.15, 0.2) is 36.5 Å². The number of benzene rings is 1. The number of para-hydroxylation sites is 1. The smallest absolute Gasteiger partial charge is 0.110 e. The van der Waals surface area contributed by atoms with Gasteiger partial charge in [0.1, 0.15) is 5.82 Å². The largest absolute Gasteiger partial charge is 0.309 e. The first-order valence-electron chi connectivity index (χ1n) is 7.56. The number of nitrogens with zero attached hydrogens (tertiary/aromatic N) is 2. The van der Waals surface area contributed by atoms with Crippen LogP contribution in [0.4, 0.5) is 0 Å². The van der Waals surface area contributed by atoms with Crippen molar-refractivity contribution in [3.63, 3.8) is 0 Å². The lowest BCUT2D eigenvalue weighted by molar-refractivity contribution is 0.482. The van der Waals surface area contributed by atoms with E-state index in [9.17, 15) is 0 Å². The molecule has 0 aliphatic heterocycles. The lowest BCUT2D eigenvalue weighted by Gasteiger charge is -2.15. The monoisotopic (exact) mass is 269 g/mol. The minimum atomic E-state index is 0.585. The van der Waals surface area contributed by atoms with Gasteiger partial charge in [-0.1, -0.05) is 31.0 Å². The van der Waals surface area contributed by atoms with E-state index in [1.165, 1.54) is 30.6 Å². The minimum Gasteiger partial charge on any atom is -0.309 e. The highest BCUT2D eigenvalue weighted by Gasteiger charge is 2.23. The number of imidazole rings is 1. The maximum Gasteiger partial charge on any atom is 0.110 e. The van der Waals surface area contributed by atoms with E-state index in [1.807, 2.05) is 12.3 Å². The molecule has 1 fully saturated rings. The van der Waals surface area contributed by atoms with Crippen LogP contribution in [0, 0.1) is 12.8 Å². The third-order valence-electron chi connectivity index (χ3n) is 4.04. The summed E-state index contributed by atoms with van der Waals surface area (Å²) < 4.78 is 2.23. The van der Waals surface area contributed by atoms with Gasteiger partial charge in [-0.15, -0.1) is 0 Å². The first-order valence-corrected chi connectivity index (χ1v) is 7.56. The average molecular weight is 269 g/mol. The molecule has 0 bridgehead atoms. The Hall–Kier alpha value is -1.61. The van der Waals surface area contributed by atoms with E-state index in [0.29, 0.717) is 6.04 Å². The van der Waals surface area contributed by atoms with Crippen molar-refractivity contribution in [2.24, 2.45) is 5.92 Å². The van der Waals surface area contributed by atoms with Crippen LogP contribution >= 0.6 is 0 Å². The van der Waals surface area contributed by atoms with E-state index in [0.717, 1.165) is 18.3 Å². The summed E-state index contributed by atoms with van der Waals surface area (Å²) in [7, 11) is 0. The summed E-state index contributed by atoms with van der Waals surface area (Å²) in [5, 5.41) is 3.63. The van der Waals surface area contributed by atoms with Gasteiger partial charge in [0.05, 0.1) is 11.9 Å². The summed E-state index contributed by atoms with van der Waals surface area (Å²) in [6.07, 6.45) is 6.14. The minimum absolute atomic E-state index is 0.585. The summed E-state index contributed by atoms with van der Waals surface area (Å²) in [5.74, 6) is 2.01. The molecule has 1 N–H and O–H groups in total. The molecule has 3 nitrogen and oxygen atoms in total. The molecule has 1 heterocycles. The summed E-state index contributed by atoms with van der Waals surface area (Å²) in [4.78, 5) is 4.47. The molecule has 0 saturated heterocycles. The van der Waals surface area contributed by atoms with Gasteiger partial charge in [0.15, 0.2) is 0 Å². The Morgan fingerprint density at radius 2 is 2.05 bits per heavy atom. The molecule has 20 heavy (non-hydrogen) atoms. The maximum atomic E-state index is 4.47. The molecule has 1 aliphatic rings. The molecule has 0 radical (unpaired) electrons. The molecule has 1 aromatic heterocycles. The number of nitrogens with one attached hydrogen (secondary N) is 1. The fourth-order valence-corrected chi connectivity index (χ4v) is 2.76. The van der Waals surface area contributed by atoms with Crippen molar-refractivity contribution >= 4 is 0 Å². The number of hydrogen-bond donors (Lipinski definition) is 1. The van der Waals surface area contributed by atoms with E-state index < -0.39 is 0 Å². The van der Waals surface area contributed by atoms with Crippen molar-refractivity contribution in [1.29, 1.82) is 0 Å². The van der Waals surface area contributed by atoms with Crippen LogP contribution in [0.3, 0.4) is 0 Å². The summed E-state index contributed by atoms with van der Waals surface area (Å²) in [6, 6.07) is 11.0. The Labute approximate surface area is 121 Å². The average Bonchev–Trinajstić information content (AvgIpc) is 3.19. The Balaban J connectivity index is 1.70. The fourth-order valence-electron chi connectivity index (χ4n) is 2.76. The summed E-state index contributed by atoms with van der Waals surface area (Å²) in [6.45, 7) is 5.22. The topological polar surface area (TPSA) is 29.9 Å². The second kappa shape index (κ2) is 5.80. The number of rotatable bonds is 6. The van der Waals surface area contributed by atoms with Gasteiger partial charge >= 0.3 is 0 Å². The van der Waals surface area contributed by atoms with Crippen molar-refractivity contribution in [2.45, 2.75) is 45.7 Å². The molecular weight excluding hydrogens is 246 g/mol. The second-order valence-electron chi connectivity index (χ2n) is 5.93. The van der Waals surface area contributed by atoms with Gasteiger partial charge in [0.25, 0.3) is 0 Å². The van der Waals surface area contributed by atoms with Crippen LogP contribution in [0.25, 0.3) is 5.69 Å². The Morgan fingerprint density at radius 3 is 2.75 bits per heavy atom. The molecule has 1 unspecified atom stereocenters. The highest BCUT2D eigenvalue weighted by Crippen LogP contribution is 2.33. The lowest BCUT2D eigenvalue weighted by Crippen LogP contribution is -2.27. The predicted molar refractivity (Wildman–Crippen MR) is 81.9 cm³/mol. The standard InChI is InChI=1S/C17H23N3/c1-13(10-15-8-9-15)18-11-17-12-19-14(2)20(17)16-6-4-3-5-7-16/h3-7,12-13,15,18H,8-11H2,1-2H3. The Morgan fingerprint density at radius 1 is 1.30 bits per heavy atom. The van der Waals surface area contributed by atoms with E-state index in [-0.39, 0.29) is 0 Å². The number of hydrogen-bond acceptors (Lipinski definition) is 2. The maximum absolute atomic E-state index is 4.47. The number of aryl methyl sites for hydroxylation is 1. The van der Waals surface area contributed by atoms with Crippen LogP contribution in [0.1, 0.15) is 37.7 Å². The van der Waals surface area contributed by atoms with E-state index in [1.54, 1.807) is 0 Å².